The van der Waals surface area contributed by atoms with Crippen LogP contribution >= 0.6 is 0 Å². The summed E-state index contributed by atoms with van der Waals surface area (Å²) in [5, 5.41) is 11.6. The third-order valence-corrected chi connectivity index (χ3v) is 25.8. The van der Waals surface area contributed by atoms with Gasteiger partial charge in [0.15, 0.2) is 43.8 Å². The van der Waals surface area contributed by atoms with Gasteiger partial charge >= 0.3 is 0 Å². The molecule has 0 aliphatic carbocycles. The van der Waals surface area contributed by atoms with E-state index in [1.807, 2.05) is 37.3 Å². The molecule has 1 N–H and O–H groups in total. The molecule has 0 amide bonds. The largest absolute Gasteiger partial charge is 0.409 e. The molecule has 1 aromatic rings. The maximum atomic E-state index is 11.8. The summed E-state index contributed by atoms with van der Waals surface area (Å²) < 4.78 is 60.5. The quantitative estimate of drug-likeness (QED) is 0.235. The van der Waals surface area contributed by atoms with Crippen LogP contribution in [-0.2, 0) is 41.7 Å². The molecule has 1 aromatic carbocycles. The highest BCUT2D eigenvalue weighted by molar-refractivity contribution is 6.75. The Morgan fingerprint density at radius 3 is 1.63 bits per heavy atom. The van der Waals surface area contributed by atoms with Gasteiger partial charge in [0.2, 0.25) is 0 Å². The Kier molecular flexibility index (Phi) is 13.2. The molecule has 0 spiro atoms. The minimum absolute atomic E-state index is 0.0382. The molecule has 4 rings (SSSR count). The van der Waals surface area contributed by atoms with Crippen LogP contribution in [0.25, 0.3) is 0 Å². The molecule has 11 atom stereocenters. The lowest BCUT2D eigenvalue weighted by Gasteiger charge is -2.55. The van der Waals surface area contributed by atoms with Gasteiger partial charge in [0, 0.05) is 12.7 Å². The third-order valence-electron chi connectivity index (χ3n) is 12.3. The highest BCUT2D eigenvalue weighted by Gasteiger charge is 2.58. The summed E-state index contributed by atoms with van der Waals surface area (Å²) in [6, 6.07) is 9.76. The lowest BCUT2D eigenvalue weighted by Crippen LogP contribution is -2.69. The number of fused-ring (bicyclic) bond motifs is 1. The fourth-order valence-corrected chi connectivity index (χ4v) is 9.84. The van der Waals surface area contributed by atoms with Gasteiger partial charge in [-0.05, 0) is 61.3 Å². The molecule has 0 bridgehead atoms. The van der Waals surface area contributed by atoms with Crippen LogP contribution in [0.5, 0.6) is 0 Å². The Bertz CT molecular complexity index is 1280. The van der Waals surface area contributed by atoms with Gasteiger partial charge in [-0.25, -0.2) is 0 Å². The average molecular weight is 771 g/mol. The number of ether oxygens (including phenoxy) is 6. The summed E-state index contributed by atoms with van der Waals surface area (Å²) in [7, 11) is -5.67. The summed E-state index contributed by atoms with van der Waals surface area (Å²) >= 11 is 0. The summed E-state index contributed by atoms with van der Waals surface area (Å²) in [5.41, 5.74) is 0.869. The van der Waals surface area contributed by atoms with Gasteiger partial charge in [-0.15, -0.1) is 0 Å². The lowest BCUT2D eigenvalue weighted by molar-refractivity contribution is -0.387. The third kappa shape index (κ3) is 9.47. The predicted molar refractivity (Wildman–Crippen MR) is 207 cm³/mol. The zero-order valence-electron chi connectivity index (χ0n) is 34.6. The predicted octanol–water partition coefficient (Wildman–Crippen LogP) is 8.13. The molecule has 0 radical (unpaired) electrons. The number of benzene rings is 1. The molecule has 294 valence electrons. The number of aliphatic hydroxyl groups is 1. The fourth-order valence-electron chi connectivity index (χ4n) is 5.90. The van der Waals surface area contributed by atoms with Gasteiger partial charge < -0.3 is 46.8 Å². The maximum Gasteiger partial charge on any atom is 0.192 e. The topological polar surface area (TPSA) is 103 Å². The first-order chi connectivity index (χ1) is 23.2. The van der Waals surface area contributed by atoms with Crippen molar-refractivity contribution < 1.29 is 46.8 Å². The second-order valence-electron chi connectivity index (χ2n) is 19.3. The highest BCUT2D eigenvalue weighted by Crippen LogP contribution is 2.47. The van der Waals surface area contributed by atoms with Gasteiger partial charge in [-0.2, -0.15) is 0 Å². The second-order valence-corrected chi connectivity index (χ2v) is 33.6. The summed E-state index contributed by atoms with van der Waals surface area (Å²) in [4.78, 5) is 0. The number of rotatable bonds is 10. The smallest absolute Gasteiger partial charge is 0.192 e. The molecule has 3 aliphatic rings. The van der Waals surface area contributed by atoms with Crippen molar-refractivity contribution >= 4 is 25.0 Å². The second kappa shape index (κ2) is 15.5. The molecule has 51 heavy (non-hydrogen) atoms. The van der Waals surface area contributed by atoms with E-state index in [-0.39, 0.29) is 21.7 Å². The van der Waals surface area contributed by atoms with E-state index in [1.165, 1.54) is 7.11 Å². The van der Waals surface area contributed by atoms with Crippen molar-refractivity contribution in [1.82, 2.24) is 0 Å². The molecule has 3 heterocycles. The number of methoxy groups -OCH3 is 1. The lowest BCUT2D eigenvalue weighted by atomic mass is 9.96. The van der Waals surface area contributed by atoms with E-state index in [2.05, 4.69) is 102 Å². The van der Waals surface area contributed by atoms with Crippen molar-refractivity contribution in [3.63, 3.8) is 0 Å². The van der Waals surface area contributed by atoms with Crippen molar-refractivity contribution in [1.29, 1.82) is 0 Å². The zero-order valence-corrected chi connectivity index (χ0v) is 37.6. The molecule has 0 aromatic heterocycles. The minimum atomic E-state index is -2.47. The van der Waals surface area contributed by atoms with Crippen molar-refractivity contribution in [2.45, 2.75) is 191 Å². The van der Waals surface area contributed by atoms with Crippen molar-refractivity contribution in [3.8, 4) is 0 Å². The standard InChI is InChI=1S/C38H70O10Si3/c1-24-28(46-49(12,13)36(2,3)4)31(47-50(14,15)37(5,6)7)32(48-51(16,17)38(8,9)10)35(42-24)45-30-27(39)34(40-11)43-26-23-41-33(44-29(26)30)25-21-19-18-20-22-25/h18-22,24,26-35,39H,23H2,1-17H3/t24-,26+,27+,28+,29-,30+,31+,32-,33-,34+,35-/m0/s1. The molecule has 3 saturated heterocycles. The first kappa shape index (κ1) is 43.2. The Hall–Kier alpha value is -0.529. The van der Waals surface area contributed by atoms with E-state index in [1.54, 1.807) is 0 Å². The van der Waals surface area contributed by atoms with E-state index < -0.39 is 92.7 Å². The van der Waals surface area contributed by atoms with E-state index in [4.69, 9.17) is 41.7 Å². The fraction of sp³-hybridized carbons (Fsp3) is 0.842. The van der Waals surface area contributed by atoms with E-state index >= 15 is 0 Å². The van der Waals surface area contributed by atoms with Crippen LogP contribution in [-0.4, -0.2) is 105 Å². The maximum absolute atomic E-state index is 11.8. The molecule has 13 heteroatoms. The molecule has 3 aliphatic heterocycles. The Morgan fingerprint density at radius 1 is 0.647 bits per heavy atom. The van der Waals surface area contributed by atoms with Crippen LogP contribution in [0.2, 0.25) is 54.4 Å². The Morgan fingerprint density at radius 2 is 1.14 bits per heavy atom. The van der Waals surface area contributed by atoms with Crippen molar-refractivity contribution in [2.75, 3.05) is 13.7 Å². The molecular formula is C38H70O10Si3. The zero-order chi connectivity index (χ0) is 38.5. The molecule has 3 fully saturated rings. The number of hydrogen-bond donors (Lipinski definition) is 1. The van der Waals surface area contributed by atoms with Gasteiger partial charge in [0.1, 0.15) is 36.6 Å². The van der Waals surface area contributed by atoms with Crippen LogP contribution in [0, 0.1) is 0 Å². The van der Waals surface area contributed by atoms with Gasteiger partial charge in [0.25, 0.3) is 0 Å². The minimum Gasteiger partial charge on any atom is -0.409 e. The van der Waals surface area contributed by atoms with Crippen molar-refractivity contribution in [2.24, 2.45) is 0 Å². The van der Waals surface area contributed by atoms with Crippen LogP contribution < -0.4 is 0 Å². The number of hydrogen-bond acceptors (Lipinski definition) is 10. The summed E-state index contributed by atoms with van der Waals surface area (Å²) in [6.45, 7) is 36.0. The van der Waals surface area contributed by atoms with Crippen LogP contribution in [0.15, 0.2) is 30.3 Å². The summed E-state index contributed by atoms with van der Waals surface area (Å²) in [6.07, 6.45) is -7.80. The first-order valence-corrected chi connectivity index (χ1v) is 27.5. The van der Waals surface area contributed by atoms with Crippen LogP contribution in [0.1, 0.15) is 81.1 Å². The molecule has 0 unspecified atom stereocenters. The van der Waals surface area contributed by atoms with Crippen LogP contribution in [0.4, 0.5) is 0 Å². The molecule has 0 saturated carbocycles. The average Bonchev–Trinajstić information content (AvgIpc) is 3.00. The normalized spacial score (nSPS) is 34.7. The van der Waals surface area contributed by atoms with Crippen LogP contribution in [0.3, 0.4) is 0 Å². The molecular weight excluding hydrogens is 701 g/mol. The Balaban J connectivity index is 1.81. The van der Waals surface area contributed by atoms with E-state index in [0.717, 1.165) is 5.56 Å². The van der Waals surface area contributed by atoms with Gasteiger partial charge in [0.05, 0.1) is 18.8 Å². The van der Waals surface area contributed by atoms with Gasteiger partial charge in [-0.3, -0.25) is 0 Å². The van der Waals surface area contributed by atoms with Crippen molar-refractivity contribution in [3.05, 3.63) is 35.9 Å². The summed E-state index contributed by atoms with van der Waals surface area (Å²) in [5.74, 6) is 0. The number of aliphatic hydroxyl groups excluding tert-OH is 1. The van der Waals surface area contributed by atoms with E-state index in [0.29, 0.717) is 0 Å². The Labute approximate surface area is 311 Å². The SMILES string of the molecule is CO[C@@H]1O[C@@H]2CO[C@H](c3ccccc3)O[C@@H]2[C@H](O[C@@H]2O[C@@H](C)[C@@H](O[Si](C)(C)C(C)(C)C)[C@@H](O[Si](C)(C)C(C)(C)C)[C@@H]2O[Si](C)(C)C(C)(C)C)[C@H]1O. The molecule has 10 nitrogen and oxygen atoms in total. The first-order valence-electron chi connectivity index (χ1n) is 18.7. The van der Waals surface area contributed by atoms with E-state index in [9.17, 15) is 5.11 Å². The van der Waals surface area contributed by atoms with Gasteiger partial charge in [-0.1, -0.05) is 92.6 Å². The monoisotopic (exact) mass is 770 g/mol. The highest BCUT2D eigenvalue weighted by atomic mass is 28.4.